The molecule has 0 unspecified atom stereocenters. The molecule has 0 fully saturated rings. The van der Waals surface area contributed by atoms with Crippen LogP contribution in [0.4, 0.5) is 0 Å². The van der Waals surface area contributed by atoms with E-state index in [9.17, 15) is 8.42 Å². The van der Waals surface area contributed by atoms with E-state index in [1.54, 1.807) is 0 Å². The SMILES string of the molecule is Cn1c(SCCS(C)(=O)=O)nnc1[C@@H](N)Cc1ccccc1. The average molecular weight is 340 g/mol. The molecule has 2 N–H and O–H groups in total. The number of rotatable bonds is 7. The lowest BCUT2D eigenvalue weighted by atomic mass is 10.1. The lowest BCUT2D eigenvalue weighted by Gasteiger charge is -2.11. The number of hydrogen-bond donors (Lipinski definition) is 1. The predicted octanol–water partition coefficient (Wildman–Crippen LogP) is 1.19. The topological polar surface area (TPSA) is 90.9 Å². The Morgan fingerprint density at radius 2 is 1.95 bits per heavy atom. The first kappa shape index (κ1) is 17.0. The van der Waals surface area contributed by atoms with Gasteiger partial charge >= 0.3 is 0 Å². The van der Waals surface area contributed by atoms with E-state index in [1.165, 1.54) is 18.0 Å². The molecule has 0 aliphatic heterocycles. The van der Waals surface area contributed by atoms with Crippen LogP contribution in [0.15, 0.2) is 35.5 Å². The van der Waals surface area contributed by atoms with Gasteiger partial charge in [-0.2, -0.15) is 0 Å². The van der Waals surface area contributed by atoms with Gasteiger partial charge < -0.3 is 10.3 Å². The molecular weight excluding hydrogens is 320 g/mol. The maximum Gasteiger partial charge on any atom is 0.191 e. The van der Waals surface area contributed by atoms with Gasteiger partial charge in [-0.05, 0) is 12.0 Å². The third-order valence-corrected chi connectivity index (χ3v) is 5.41. The minimum Gasteiger partial charge on any atom is -0.321 e. The first-order chi connectivity index (χ1) is 10.4. The second-order valence-corrected chi connectivity index (χ2v) is 8.50. The maximum absolute atomic E-state index is 11.1. The fraction of sp³-hybridized carbons (Fsp3) is 0.429. The Balaban J connectivity index is 2.00. The van der Waals surface area contributed by atoms with Gasteiger partial charge in [-0.1, -0.05) is 42.1 Å². The standard InChI is InChI=1S/C14H20N4O2S2/c1-18-13(12(15)10-11-6-4-3-5-7-11)16-17-14(18)21-8-9-22(2,19)20/h3-7,12H,8-10,15H2,1-2H3/t12-/m0/s1. The summed E-state index contributed by atoms with van der Waals surface area (Å²) < 4.78 is 24.1. The Bertz CT molecular complexity index is 714. The lowest BCUT2D eigenvalue weighted by molar-refractivity contribution is 0.603. The zero-order chi connectivity index (χ0) is 16.2. The third kappa shape index (κ3) is 4.82. The van der Waals surface area contributed by atoms with Crippen LogP contribution in [0.1, 0.15) is 17.4 Å². The molecule has 2 rings (SSSR count). The van der Waals surface area contributed by atoms with E-state index >= 15 is 0 Å². The molecule has 0 bridgehead atoms. The fourth-order valence-electron chi connectivity index (χ4n) is 2.02. The van der Waals surface area contributed by atoms with E-state index in [2.05, 4.69) is 10.2 Å². The number of aromatic nitrogens is 3. The molecule has 2 aromatic rings. The van der Waals surface area contributed by atoms with Crippen LogP contribution in [0, 0.1) is 0 Å². The molecular formula is C14H20N4O2S2. The summed E-state index contributed by atoms with van der Waals surface area (Å²) >= 11 is 1.37. The highest BCUT2D eigenvalue weighted by Gasteiger charge is 2.17. The summed E-state index contributed by atoms with van der Waals surface area (Å²) in [4.78, 5) is 0. The zero-order valence-electron chi connectivity index (χ0n) is 12.6. The minimum atomic E-state index is -2.96. The van der Waals surface area contributed by atoms with Gasteiger partial charge in [0.1, 0.15) is 9.84 Å². The van der Waals surface area contributed by atoms with Crippen LogP contribution in [-0.4, -0.2) is 40.9 Å². The Morgan fingerprint density at radius 1 is 1.27 bits per heavy atom. The van der Waals surface area contributed by atoms with E-state index < -0.39 is 9.84 Å². The molecule has 0 saturated heterocycles. The van der Waals surface area contributed by atoms with Gasteiger partial charge in [0.05, 0.1) is 11.8 Å². The largest absolute Gasteiger partial charge is 0.321 e. The summed E-state index contributed by atoms with van der Waals surface area (Å²) in [7, 11) is -1.11. The first-order valence-corrected chi connectivity index (χ1v) is 9.91. The van der Waals surface area contributed by atoms with Crippen molar-refractivity contribution in [2.75, 3.05) is 17.8 Å². The smallest absolute Gasteiger partial charge is 0.191 e. The van der Waals surface area contributed by atoms with Crippen molar-refractivity contribution in [2.45, 2.75) is 17.6 Å². The number of thioether (sulfide) groups is 1. The second-order valence-electron chi connectivity index (χ2n) is 5.17. The fourth-order valence-corrected chi connectivity index (χ4v) is 4.13. The molecule has 22 heavy (non-hydrogen) atoms. The molecule has 120 valence electrons. The molecule has 0 aliphatic carbocycles. The normalized spacial score (nSPS) is 13.2. The van der Waals surface area contributed by atoms with E-state index in [0.29, 0.717) is 23.2 Å². The van der Waals surface area contributed by atoms with Crippen molar-refractivity contribution in [2.24, 2.45) is 12.8 Å². The quantitative estimate of drug-likeness (QED) is 0.762. The number of benzene rings is 1. The van der Waals surface area contributed by atoms with Crippen LogP contribution in [0.3, 0.4) is 0 Å². The lowest BCUT2D eigenvalue weighted by Crippen LogP contribution is -2.18. The van der Waals surface area contributed by atoms with Gasteiger partial charge in [-0.3, -0.25) is 0 Å². The molecule has 1 aromatic carbocycles. The summed E-state index contributed by atoms with van der Waals surface area (Å²) in [6.07, 6.45) is 1.91. The number of sulfone groups is 1. The highest BCUT2D eigenvalue weighted by atomic mass is 32.2. The molecule has 8 heteroatoms. The number of nitrogens with two attached hydrogens (primary N) is 1. The zero-order valence-corrected chi connectivity index (χ0v) is 14.3. The van der Waals surface area contributed by atoms with Gasteiger partial charge in [-0.25, -0.2) is 8.42 Å². The van der Waals surface area contributed by atoms with Crippen LogP contribution in [0.5, 0.6) is 0 Å². The highest BCUT2D eigenvalue weighted by Crippen LogP contribution is 2.20. The number of hydrogen-bond acceptors (Lipinski definition) is 6. The van der Waals surface area contributed by atoms with E-state index in [1.807, 2.05) is 41.9 Å². The van der Waals surface area contributed by atoms with E-state index in [-0.39, 0.29) is 11.8 Å². The van der Waals surface area contributed by atoms with Gasteiger partial charge in [-0.15, -0.1) is 10.2 Å². The van der Waals surface area contributed by atoms with E-state index in [0.717, 1.165) is 5.56 Å². The molecule has 0 spiro atoms. The highest BCUT2D eigenvalue weighted by molar-refractivity contribution is 8.00. The van der Waals surface area contributed by atoms with Crippen LogP contribution >= 0.6 is 11.8 Å². The molecule has 1 heterocycles. The summed E-state index contributed by atoms with van der Waals surface area (Å²) in [6, 6.07) is 9.73. The van der Waals surface area contributed by atoms with Crippen LogP contribution < -0.4 is 5.73 Å². The van der Waals surface area contributed by atoms with Crippen LogP contribution in [-0.2, 0) is 23.3 Å². The Labute approximate surface area is 135 Å². The van der Waals surface area contributed by atoms with Gasteiger partial charge in [0, 0.05) is 19.1 Å². The van der Waals surface area contributed by atoms with Crippen molar-refractivity contribution in [3.05, 3.63) is 41.7 Å². The van der Waals surface area contributed by atoms with Crippen molar-refractivity contribution in [1.29, 1.82) is 0 Å². The minimum absolute atomic E-state index is 0.121. The molecule has 0 aliphatic rings. The van der Waals surface area contributed by atoms with Gasteiger partial charge in [0.15, 0.2) is 11.0 Å². The van der Waals surface area contributed by atoms with Gasteiger partial charge in [0.2, 0.25) is 0 Å². The third-order valence-electron chi connectivity index (χ3n) is 3.18. The molecule has 6 nitrogen and oxygen atoms in total. The van der Waals surface area contributed by atoms with Crippen molar-refractivity contribution in [1.82, 2.24) is 14.8 Å². The summed E-state index contributed by atoms with van der Waals surface area (Å²) in [5.74, 6) is 1.28. The maximum atomic E-state index is 11.1. The predicted molar refractivity (Wildman–Crippen MR) is 88.5 cm³/mol. The Kier molecular flexibility index (Phi) is 5.60. The molecule has 1 atom stereocenters. The summed E-state index contributed by atoms with van der Waals surface area (Å²) in [6.45, 7) is 0. The second kappa shape index (κ2) is 7.26. The molecule has 0 radical (unpaired) electrons. The molecule has 0 saturated carbocycles. The van der Waals surface area contributed by atoms with Crippen LogP contribution in [0.25, 0.3) is 0 Å². The molecule has 1 aromatic heterocycles. The van der Waals surface area contributed by atoms with Gasteiger partial charge in [0.25, 0.3) is 0 Å². The van der Waals surface area contributed by atoms with E-state index in [4.69, 9.17) is 5.73 Å². The van der Waals surface area contributed by atoms with Crippen molar-refractivity contribution >= 4 is 21.6 Å². The monoisotopic (exact) mass is 340 g/mol. The summed E-state index contributed by atoms with van der Waals surface area (Å²) in [5, 5.41) is 8.93. The Morgan fingerprint density at radius 3 is 2.59 bits per heavy atom. The first-order valence-electron chi connectivity index (χ1n) is 6.86. The van der Waals surface area contributed by atoms with Crippen molar-refractivity contribution in [3.63, 3.8) is 0 Å². The molecule has 0 amide bonds. The van der Waals surface area contributed by atoms with Crippen molar-refractivity contribution in [3.8, 4) is 0 Å². The average Bonchev–Trinajstić information content (AvgIpc) is 2.80. The van der Waals surface area contributed by atoms with Crippen LogP contribution in [0.2, 0.25) is 0 Å². The Hall–Kier alpha value is -1.38. The van der Waals surface area contributed by atoms with Crippen molar-refractivity contribution < 1.29 is 8.42 Å². The number of nitrogens with zero attached hydrogens (tertiary/aromatic N) is 3. The summed E-state index contributed by atoms with van der Waals surface area (Å²) in [5.41, 5.74) is 7.35.